The van der Waals surface area contributed by atoms with E-state index in [1.54, 1.807) is 0 Å². The van der Waals surface area contributed by atoms with E-state index in [1.165, 1.54) is 141 Å². The molecule has 0 saturated carbocycles. The van der Waals surface area contributed by atoms with E-state index in [4.69, 9.17) is 9.47 Å². The van der Waals surface area contributed by atoms with E-state index < -0.39 is 6.10 Å². The van der Waals surface area contributed by atoms with E-state index in [-0.39, 0.29) is 19.2 Å². The second kappa shape index (κ2) is 37.8. The number of esters is 1. The molecule has 0 aromatic carbocycles. The van der Waals surface area contributed by atoms with Gasteiger partial charge in [-0.3, -0.25) is 4.79 Å². The van der Waals surface area contributed by atoms with Crippen LogP contribution in [0.3, 0.4) is 0 Å². The maximum Gasteiger partial charge on any atom is 0.306 e. The molecule has 4 nitrogen and oxygen atoms in total. The van der Waals surface area contributed by atoms with Gasteiger partial charge in [0.25, 0.3) is 0 Å². The van der Waals surface area contributed by atoms with Gasteiger partial charge in [0.1, 0.15) is 6.10 Å². The summed E-state index contributed by atoms with van der Waals surface area (Å²) < 4.78 is 11.1. The van der Waals surface area contributed by atoms with Crippen LogP contribution in [-0.4, -0.2) is 37.0 Å². The van der Waals surface area contributed by atoms with Gasteiger partial charge in [-0.25, -0.2) is 0 Å². The summed E-state index contributed by atoms with van der Waals surface area (Å²) in [6.07, 6.45) is 46.1. The van der Waals surface area contributed by atoms with E-state index in [0.29, 0.717) is 13.0 Å². The highest BCUT2D eigenvalue weighted by atomic mass is 16.6. The van der Waals surface area contributed by atoms with Crippen LogP contribution in [0, 0.1) is 0 Å². The lowest BCUT2D eigenvalue weighted by molar-refractivity contribution is -0.154. The summed E-state index contributed by atoms with van der Waals surface area (Å²) in [5.74, 6) is -0.212. The summed E-state index contributed by atoms with van der Waals surface area (Å²) in [5, 5.41) is 9.56. The first kappa shape index (κ1) is 42.6. The molecule has 0 aliphatic heterocycles. The molecule has 0 aliphatic rings. The van der Waals surface area contributed by atoms with Crippen LogP contribution in [0.25, 0.3) is 0 Å². The molecule has 0 aromatic rings. The number of allylic oxidation sites excluding steroid dienone is 6. The fourth-order valence-electron chi connectivity index (χ4n) is 5.29. The molecule has 1 unspecified atom stereocenters. The molecule has 1 N–H and O–H groups in total. The van der Waals surface area contributed by atoms with Gasteiger partial charge in [-0.1, -0.05) is 147 Å². The van der Waals surface area contributed by atoms with Gasteiger partial charge in [-0.2, -0.15) is 0 Å². The number of aliphatic hydroxyl groups is 1. The first-order valence-corrected chi connectivity index (χ1v) is 19.1. The van der Waals surface area contributed by atoms with Crippen molar-refractivity contribution in [1.29, 1.82) is 0 Å². The topological polar surface area (TPSA) is 55.8 Å². The van der Waals surface area contributed by atoms with E-state index >= 15 is 0 Å². The van der Waals surface area contributed by atoms with Crippen LogP contribution in [0.15, 0.2) is 36.5 Å². The van der Waals surface area contributed by atoms with Gasteiger partial charge < -0.3 is 14.6 Å². The summed E-state index contributed by atoms with van der Waals surface area (Å²) in [7, 11) is 0. The zero-order chi connectivity index (χ0) is 32.0. The van der Waals surface area contributed by atoms with Gasteiger partial charge in [-0.05, 0) is 70.6 Å². The second-order valence-electron chi connectivity index (χ2n) is 12.6. The van der Waals surface area contributed by atoms with Crippen molar-refractivity contribution in [3.8, 4) is 0 Å². The predicted octanol–water partition coefficient (Wildman–Crippen LogP) is 12.1. The number of hydrogen-bond donors (Lipinski definition) is 1. The minimum Gasteiger partial charge on any atom is -0.457 e. The Morgan fingerprint density at radius 1 is 0.545 bits per heavy atom. The monoisotopic (exact) mass is 619 g/mol. The van der Waals surface area contributed by atoms with Gasteiger partial charge in [0, 0.05) is 13.0 Å². The quantitative estimate of drug-likeness (QED) is 0.0436. The van der Waals surface area contributed by atoms with Crippen LogP contribution in [0.5, 0.6) is 0 Å². The molecule has 0 rings (SSSR count). The molecule has 44 heavy (non-hydrogen) atoms. The minimum atomic E-state index is -0.539. The average molecular weight is 619 g/mol. The lowest BCUT2D eigenvalue weighted by atomic mass is 10.1. The molecule has 4 heteroatoms. The molecule has 0 aliphatic carbocycles. The Hall–Kier alpha value is -1.39. The van der Waals surface area contributed by atoms with Crippen LogP contribution >= 0.6 is 0 Å². The minimum absolute atomic E-state index is 0.177. The molecular weight excluding hydrogens is 544 g/mol. The fraction of sp³-hybridized carbons (Fsp3) is 0.825. The first-order valence-electron chi connectivity index (χ1n) is 19.1. The third kappa shape index (κ3) is 35.1. The third-order valence-corrected chi connectivity index (χ3v) is 8.19. The highest BCUT2D eigenvalue weighted by Gasteiger charge is 2.13. The molecule has 0 heterocycles. The van der Waals surface area contributed by atoms with Gasteiger partial charge in [0.15, 0.2) is 0 Å². The summed E-state index contributed by atoms with van der Waals surface area (Å²) in [6, 6.07) is 0. The summed E-state index contributed by atoms with van der Waals surface area (Å²) in [6.45, 7) is 5.30. The maximum atomic E-state index is 12.1. The van der Waals surface area contributed by atoms with Crippen LogP contribution in [0.4, 0.5) is 0 Å². The van der Waals surface area contributed by atoms with E-state index in [1.807, 2.05) is 0 Å². The molecular formula is C40H74O4. The molecule has 1 atom stereocenters. The number of ether oxygens (including phenoxy) is 2. The van der Waals surface area contributed by atoms with Crippen molar-refractivity contribution in [3.05, 3.63) is 36.5 Å². The molecule has 0 spiro atoms. The van der Waals surface area contributed by atoms with E-state index in [0.717, 1.165) is 25.7 Å². The smallest absolute Gasteiger partial charge is 0.306 e. The number of hydrogen-bond acceptors (Lipinski definition) is 4. The van der Waals surface area contributed by atoms with Crippen LogP contribution in [-0.2, 0) is 14.3 Å². The highest BCUT2D eigenvalue weighted by molar-refractivity contribution is 5.69. The molecule has 0 saturated heterocycles. The third-order valence-electron chi connectivity index (χ3n) is 8.19. The summed E-state index contributed by atoms with van der Waals surface area (Å²) >= 11 is 0. The van der Waals surface area contributed by atoms with Crippen molar-refractivity contribution >= 4 is 5.97 Å². The van der Waals surface area contributed by atoms with Crippen molar-refractivity contribution in [2.75, 3.05) is 19.8 Å². The van der Waals surface area contributed by atoms with Crippen molar-refractivity contribution in [1.82, 2.24) is 0 Å². The molecule has 0 radical (unpaired) electrons. The number of carbonyl (C=O) groups is 1. The number of rotatable bonds is 35. The Morgan fingerprint density at radius 2 is 0.955 bits per heavy atom. The van der Waals surface area contributed by atoms with Gasteiger partial charge in [-0.15, -0.1) is 0 Å². The Morgan fingerprint density at radius 3 is 1.48 bits per heavy atom. The van der Waals surface area contributed by atoms with Crippen molar-refractivity contribution in [2.24, 2.45) is 0 Å². The standard InChI is InChI=1S/C40H74O4/c1-3-5-7-9-11-13-15-17-19-20-21-22-24-26-28-30-32-34-36-43-38-39(37-41)44-40(42)35-33-31-29-27-25-23-18-16-14-12-10-8-6-4-2/h11,13,16-19,39,41H,3-10,12,14-15,20-38H2,1-2H3/b13-11-,18-16-,19-17-. The molecule has 0 aromatic heterocycles. The van der Waals surface area contributed by atoms with Crippen LogP contribution in [0.1, 0.15) is 187 Å². The van der Waals surface area contributed by atoms with Crippen LogP contribution in [0.2, 0.25) is 0 Å². The Kier molecular flexibility index (Phi) is 36.6. The van der Waals surface area contributed by atoms with Gasteiger partial charge in [0.05, 0.1) is 13.2 Å². The molecule has 0 fully saturated rings. The first-order chi connectivity index (χ1) is 21.7. The molecule has 258 valence electrons. The lowest BCUT2D eigenvalue weighted by Crippen LogP contribution is -2.27. The van der Waals surface area contributed by atoms with E-state index in [2.05, 4.69) is 50.3 Å². The van der Waals surface area contributed by atoms with Gasteiger partial charge in [0.2, 0.25) is 0 Å². The van der Waals surface area contributed by atoms with Crippen molar-refractivity contribution < 1.29 is 19.4 Å². The van der Waals surface area contributed by atoms with Gasteiger partial charge >= 0.3 is 5.97 Å². The summed E-state index contributed by atoms with van der Waals surface area (Å²) in [4.78, 5) is 12.1. The number of unbranched alkanes of at least 4 members (excludes halogenated alkanes) is 21. The SMILES string of the molecule is CCCCC/C=C\C/C=C\CCCCCCCCCCOCC(CO)OC(=O)CCCCCCC/C=C\CCCCCCC. The number of carbonyl (C=O) groups excluding carboxylic acids is 1. The summed E-state index contributed by atoms with van der Waals surface area (Å²) in [5.41, 5.74) is 0. The molecule has 0 bridgehead atoms. The van der Waals surface area contributed by atoms with E-state index in [9.17, 15) is 9.90 Å². The highest BCUT2D eigenvalue weighted by Crippen LogP contribution is 2.12. The average Bonchev–Trinajstić information content (AvgIpc) is 3.03. The Balaban J connectivity index is 3.46. The normalized spacial score (nSPS) is 12.7. The zero-order valence-corrected chi connectivity index (χ0v) is 29.4. The zero-order valence-electron chi connectivity index (χ0n) is 29.4. The largest absolute Gasteiger partial charge is 0.457 e. The maximum absolute atomic E-state index is 12.1. The molecule has 0 amide bonds. The predicted molar refractivity (Wildman–Crippen MR) is 191 cm³/mol. The van der Waals surface area contributed by atoms with Crippen molar-refractivity contribution in [2.45, 2.75) is 193 Å². The van der Waals surface area contributed by atoms with Crippen molar-refractivity contribution in [3.63, 3.8) is 0 Å². The lowest BCUT2D eigenvalue weighted by Gasteiger charge is -2.15. The number of aliphatic hydroxyl groups excluding tert-OH is 1. The Labute approximate surface area is 274 Å². The van der Waals surface area contributed by atoms with Crippen LogP contribution < -0.4 is 0 Å². The second-order valence-corrected chi connectivity index (χ2v) is 12.6. The fourth-order valence-corrected chi connectivity index (χ4v) is 5.29. The Bertz CT molecular complexity index is 654.